The summed E-state index contributed by atoms with van der Waals surface area (Å²) >= 11 is 0. The molecule has 0 spiro atoms. The molecule has 7 nitrogen and oxygen atoms in total. The fourth-order valence-corrected chi connectivity index (χ4v) is 6.23. The second-order valence-corrected chi connectivity index (χ2v) is 10.0. The molecule has 2 N–H and O–H groups in total. The number of hydrogen-bond donors (Lipinski definition) is 1. The van der Waals surface area contributed by atoms with E-state index in [2.05, 4.69) is 15.0 Å². The van der Waals surface area contributed by atoms with E-state index in [-0.39, 0.29) is 17.5 Å². The van der Waals surface area contributed by atoms with E-state index in [0.717, 1.165) is 36.4 Å². The van der Waals surface area contributed by atoms with Crippen LogP contribution >= 0.6 is 0 Å². The number of hydrogen-bond acceptors (Lipinski definition) is 5. The largest absolute Gasteiger partial charge is 0.433 e. The molecule has 4 aliphatic rings. The molecule has 0 aliphatic heterocycles. The van der Waals surface area contributed by atoms with Gasteiger partial charge in [-0.25, -0.2) is 15.0 Å². The molecule has 1 atom stereocenters. The van der Waals surface area contributed by atoms with Crippen molar-refractivity contribution >= 4 is 28.3 Å². The zero-order valence-electron chi connectivity index (χ0n) is 18.6. The molecule has 0 radical (unpaired) electrons. The lowest BCUT2D eigenvalue weighted by atomic mass is 9.48. The topological polar surface area (TPSA) is 89.4 Å². The van der Waals surface area contributed by atoms with Crippen LogP contribution in [-0.2, 0) is 12.6 Å². The normalized spacial score (nSPS) is 24.8. The molecule has 1 unspecified atom stereocenters. The highest BCUT2D eigenvalue weighted by Crippen LogP contribution is 2.63. The minimum absolute atomic E-state index is 0.118. The van der Waals surface area contributed by atoms with Gasteiger partial charge >= 0.3 is 6.18 Å². The average Bonchev–Trinajstić information content (AvgIpc) is 3.41. The van der Waals surface area contributed by atoms with Gasteiger partial charge in [0.25, 0.3) is 5.91 Å². The van der Waals surface area contributed by atoms with Crippen LogP contribution in [0.3, 0.4) is 0 Å². The Labute approximate surface area is 197 Å². The molecular formula is C25H21F3N6O. The van der Waals surface area contributed by atoms with Crippen LogP contribution in [0.2, 0.25) is 0 Å². The van der Waals surface area contributed by atoms with E-state index in [9.17, 15) is 18.0 Å². The summed E-state index contributed by atoms with van der Waals surface area (Å²) in [6, 6.07) is 7.58. The van der Waals surface area contributed by atoms with Crippen LogP contribution in [0, 0.1) is 5.92 Å². The Bertz CT molecular complexity index is 1530. The Kier molecular flexibility index (Phi) is 3.96. The first-order valence-corrected chi connectivity index (χ1v) is 11.7. The summed E-state index contributed by atoms with van der Waals surface area (Å²) in [6.45, 7) is 0. The van der Waals surface area contributed by atoms with E-state index in [1.807, 2.05) is 9.30 Å². The molecule has 10 heteroatoms. The Morgan fingerprint density at radius 3 is 2.63 bits per heavy atom. The number of alkyl halides is 3. The van der Waals surface area contributed by atoms with Crippen molar-refractivity contribution in [3.8, 4) is 0 Å². The molecule has 0 saturated heterocycles. The van der Waals surface area contributed by atoms with Crippen LogP contribution in [0.1, 0.15) is 59.0 Å². The summed E-state index contributed by atoms with van der Waals surface area (Å²) in [4.78, 5) is 28.5. The number of nitrogens with two attached hydrogens (primary N) is 1. The predicted octanol–water partition coefficient (Wildman–Crippen LogP) is 4.56. The molecule has 1 aromatic carbocycles. The Morgan fingerprint density at radius 1 is 1.11 bits per heavy atom. The fraction of sp³-hybridized carbons (Fsp3) is 0.360. The number of halogens is 3. The maximum Gasteiger partial charge on any atom is 0.433 e. The first kappa shape index (κ1) is 20.7. The third-order valence-corrected chi connectivity index (χ3v) is 7.98. The smallest absolute Gasteiger partial charge is 0.382 e. The first-order valence-electron chi connectivity index (χ1n) is 11.7. The summed E-state index contributed by atoms with van der Waals surface area (Å²) in [6.07, 6.45) is 2.59. The SMILES string of the molecule is Nc1nc2ccc(C(=O)N(C3CCc4nc(C(F)(F)F)ccc43)C34CC(C3)C4)cc2n2cncc12. The molecule has 3 aromatic heterocycles. The number of nitrogen functional groups attached to an aromatic ring is 1. The number of nitrogens with zero attached hydrogens (tertiary/aromatic N) is 5. The highest BCUT2D eigenvalue weighted by molar-refractivity contribution is 5.99. The monoisotopic (exact) mass is 478 g/mol. The van der Waals surface area contributed by atoms with Gasteiger partial charge in [-0.2, -0.15) is 13.2 Å². The number of rotatable bonds is 3. The quantitative estimate of drug-likeness (QED) is 0.466. The molecule has 4 aromatic rings. The van der Waals surface area contributed by atoms with Crippen molar-refractivity contribution in [1.29, 1.82) is 0 Å². The highest BCUT2D eigenvalue weighted by Gasteiger charge is 2.63. The summed E-state index contributed by atoms with van der Waals surface area (Å²) in [7, 11) is 0. The van der Waals surface area contributed by atoms with Crippen LogP contribution in [0.25, 0.3) is 16.6 Å². The van der Waals surface area contributed by atoms with Gasteiger partial charge in [-0.05, 0) is 67.9 Å². The first-order chi connectivity index (χ1) is 16.7. The number of imidazole rings is 1. The highest BCUT2D eigenvalue weighted by atomic mass is 19.4. The van der Waals surface area contributed by atoms with Gasteiger partial charge in [-0.3, -0.25) is 9.20 Å². The van der Waals surface area contributed by atoms with Crippen molar-refractivity contribution in [3.05, 3.63) is 65.4 Å². The molecule has 2 bridgehead atoms. The molecular weight excluding hydrogens is 457 g/mol. The van der Waals surface area contributed by atoms with Gasteiger partial charge in [0, 0.05) is 16.8 Å². The third-order valence-electron chi connectivity index (χ3n) is 7.98. The number of carbonyl (C=O) groups excluding carboxylic acids is 1. The van der Waals surface area contributed by atoms with Crippen LogP contribution in [0.15, 0.2) is 42.9 Å². The number of aromatic nitrogens is 4. The lowest BCUT2D eigenvalue weighted by Gasteiger charge is -2.67. The number of amides is 1. The molecule has 35 heavy (non-hydrogen) atoms. The molecule has 3 heterocycles. The van der Waals surface area contributed by atoms with E-state index in [1.165, 1.54) is 6.07 Å². The van der Waals surface area contributed by atoms with Gasteiger partial charge in [0.05, 0.1) is 29.6 Å². The van der Waals surface area contributed by atoms with Gasteiger partial charge < -0.3 is 10.6 Å². The minimum atomic E-state index is -4.49. The Balaban J connectivity index is 1.31. The van der Waals surface area contributed by atoms with Crippen molar-refractivity contribution < 1.29 is 18.0 Å². The zero-order chi connectivity index (χ0) is 24.1. The van der Waals surface area contributed by atoms with E-state index in [4.69, 9.17) is 5.73 Å². The van der Waals surface area contributed by atoms with Crippen molar-refractivity contribution in [2.45, 2.75) is 49.9 Å². The minimum Gasteiger partial charge on any atom is -0.382 e. The van der Waals surface area contributed by atoms with E-state index in [0.29, 0.717) is 46.9 Å². The number of anilines is 1. The average molecular weight is 478 g/mol. The summed E-state index contributed by atoms with van der Waals surface area (Å²) in [5.74, 6) is 0.872. The number of pyridine rings is 1. The van der Waals surface area contributed by atoms with Gasteiger partial charge in [-0.1, -0.05) is 6.07 Å². The summed E-state index contributed by atoms with van der Waals surface area (Å²) < 4.78 is 41.5. The number of benzene rings is 1. The van der Waals surface area contributed by atoms with E-state index < -0.39 is 11.9 Å². The third kappa shape index (κ3) is 2.85. The zero-order valence-corrected chi connectivity index (χ0v) is 18.6. The van der Waals surface area contributed by atoms with Gasteiger partial charge in [-0.15, -0.1) is 0 Å². The molecule has 178 valence electrons. The van der Waals surface area contributed by atoms with Crippen LogP contribution in [0.5, 0.6) is 0 Å². The lowest BCUT2D eigenvalue weighted by Crippen LogP contribution is -2.69. The standard InChI is InChI=1S/C25H21F3N6O/c26-25(27,28)21-6-2-15-16(31-21)4-5-18(15)34(24-8-13(9-24)10-24)23(35)14-1-3-17-19(7-14)33-12-30-11-20(33)22(29)32-17/h1-3,6-7,11-13,18H,4-5,8-10H2,(H2,29,32). The maximum atomic E-state index is 14.1. The van der Waals surface area contributed by atoms with Gasteiger partial charge in [0.15, 0.2) is 0 Å². The van der Waals surface area contributed by atoms with Crippen molar-refractivity contribution in [3.63, 3.8) is 0 Å². The van der Waals surface area contributed by atoms with Crippen molar-refractivity contribution in [2.24, 2.45) is 5.92 Å². The van der Waals surface area contributed by atoms with E-state index in [1.54, 1.807) is 30.7 Å². The molecule has 4 aliphatic carbocycles. The van der Waals surface area contributed by atoms with E-state index >= 15 is 0 Å². The number of aryl methyl sites for hydroxylation is 1. The Hall–Kier alpha value is -3.69. The van der Waals surface area contributed by atoms with Crippen molar-refractivity contribution in [1.82, 2.24) is 24.3 Å². The second kappa shape index (κ2) is 6.71. The predicted molar refractivity (Wildman–Crippen MR) is 121 cm³/mol. The van der Waals surface area contributed by atoms with Crippen molar-refractivity contribution in [2.75, 3.05) is 5.73 Å². The van der Waals surface area contributed by atoms with Crippen LogP contribution in [-0.4, -0.2) is 35.7 Å². The van der Waals surface area contributed by atoms with Gasteiger partial charge in [0.2, 0.25) is 0 Å². The second-order valence-electron chi connectivity index (χ2n) is 10.0. The lowest BCUT2D eigenvalue weighted by molar-refractivity contribution is -0.141. The maximum absolute atomic E-state index is 14.1. The van der Waals surface area contributed by atoms with Gasteiger partial charge in [0.1, 0.15) is 17.0 Å². The van der Waals surface area contributed by atoms with Crippen LogP contribution < -0.4 is 5.73 Å². The fourth-order valence-electron chi connectivity index (χ4n) is 6.23. The summed E-state index contributed by atoms with van der Waals surface area (Å²) in [5, 5.41) is 0. The molecule has 3 fully saturated rings. The summed E-state index contributed by atoms with van der Waals surface area (Å²) in [5.41, 5.74) is 8.64. The molecule has 8 rings (SSSR count). The molecule has 1 amide bonds. The van der Waals surface area contributed by atoms with Crippen LogP contribution in [0.4, 0.5) is 19.0 Å². The number of fused-ring (bicyclic) bond motifs is 4. The Morgan fingerprint density at radius 2 is 1.91 bits per heavy atom. The number of carbonyl (C=O) groups is 1. The molecule has 3 saturated carbocycles.